The SMILES string of the molecule is O=C(CO/N=C\c1ccc(Cl)cc1)NCc1ccccc1Cl. The van der Waals surface area contributed by atoms with Gasteiger partial charge in [-0.2, -0.15) is 0 Å². The van der Waals surface area contributed by atoms with Gasteiger partial charge in [0.2, 0.25) is 0 Å². The lowest BCUT2D eigenvalue weighted by atomic mass is 10.2. The largest absolute Gasteiger partial charge is 0.386 e. The molecule has 2 rings (SSSR count). The smallest absolute Gasteiger partial charge is 0.261 e. The fraction of sp³-hybridized carbons (Fsp3) is 0.125. The van der Waals surface area contributed by atoms with E-state index >= 15 is 0 Å². The van der Waals surface area contributed by atoms with Gasteiger partial charge in [-0.15, -0.1) is 0 Å². The molecule has 0 saturated carbocycles. The van der Waals surface area contributed by atoms with Crippen molar-refractivity contribution in [3.8, 4) is 0 Å². The van der Waals surface area contributed by atoms with Gasteiger partial charge in [-0.05, 0) is 29.3 Å². The minimum atomic E-state index is -0.270. The van der Waals surface area contributed by atoms with Crippen LogP contribution in [0.25, 0.3) is 0 Å². The van der Waals surface area contributed by atoms with E-state index in [2.05, 4.69) is 10.5 Å². The molecule has 22 heavy (non-hydrogen) atoms. The molecular formula is C16H14Cl2N2O2. The lowest BCUT2D eigenvalue weighted by Crippen LogP contribution is -2.26. The van der Waals surface area contributed by atoms with Crippen molar-refractivity contribution in [2.45, 2.75) is 6.54 Å². The van der Waals surface area contributed by atoms with Crippen molar-refractivity contribution in [1.29, 1.82) is 0 Å². The topological polar surface area (TPSA) is 50.7 Å². The van der Waals surface area contributed by atoms with Crippen LogP contribution in [0.4, 0.5) is 0 Å². The molecule has 2 aromatic rings. The number of nitrogens with one attached hydrogen (secondary N) is 1. The Bertz CT molecular complexity index is 657. The molecule has 0 aliphatic heterocycles. The highest BCUT2D eigenvalue weighted by Gasteiger charge is 2.03. The number of benzene rings is 2. The Hall–Kier alpha value is -2.04. The highest BCUT2D eigenvalue weighted by molar-refractivity contribution is 6.31. The van der Waals surface area contributed by atoms with Crippen molar-refractivity contribution in [3.63, 3.8) is 0 Å². The lowest BCUT2D eigenvalue weighted by Gasteiger charge is -2.06. The summed E-state index contributed by atoms with van der Waals surface area (Å²) in [5.74, 6) is -0.270. The Morgan fingerprint density at radius 1 is 1.14 bits per heavy atom. The highest BCUT2D eigenvalue weighted by atomic mass is 35.5. The predicted molar refractivity (Wildman–Crippen MR) is 88.3 cm³/mol. The average Bonchev–Trinajstić information content (AvgIpc) is 2.52. The molecule has 0 aromatic heterocycles. The fourth-order valence-electron chi connectivity index (χ4n) is 1.63. The molecule has 0 aliphatic rings. The summed E-state index contributed by atoms with van der Waals surface area (Å²) in [7, 11) is 0. The number of oxime groups is 1. The van der Waals surface area contributed by atoms with Crippen LogP contribution < -0.4 is 5.32 Å². The van der Waals surface area contributed by atoms with Crippen LogP contribution in [0, 0.1) is 0 Å². The average molecular weight is 337 g/mol. The van der Waals surface area contributed by atoms with Gasteiger partial charge in [0.15, 0.2) is 6.61 Å². The quantitative estimate of drug-likeness (QED) is 0.646. The van der Waals surface area contributed by atoms with E-state index in [-0.39, 0.29) is 12.5 Å². The first-order valence-electron chi connectivity index (χ1n) is 6.56. The Kier molecular flexibility index (Phi) is 6.25. The zero-order valence-corrected chi connectivity index (χ0v) is 13.1. The predicted octanol–water partition coefficient (Wildman–Crippen LogP) is 3.66. The van der Waals surface area contributed by atoms with E-state index in [0.29, 0.717) is 16.6 Å². The van der Waals surface area contributed by atoms with Crippen molar-refractivity contribution in [3.05, 3.63) is 69.7 Å². The third-order valence-electron chi connectivity index (χ3n) is 2.78. The molecule has 1 N–H and O–H groups in total. The maximum Gasteiger partial charge on any atom is 0.261 e. The summed E-state index contributed by atoms with van der Waals surface area (Å²) >= 11 is 11.8. The Labute approximate surface area is 138 Å². The maximum atomic E-state index is 11.6. The Morgan fingerprint density at radius 2 is 1.86 bits per heavy atom. The molecule has 0 unspecified atom stereocenters. The molecule has 0 bridgehead atoms. The van der Waals surface area contributed by atoms with E-state index in [0.717, 1.165) is 11.1 Å². The standard InChI is InChI=1S/C16H14Cl2N2O2/c17-14-7-5-12(6-8-14)9-20-22-11-16(21)19-10-13-3-1-2-4-15(13)18/h1-9H,10-11H2,(H,19,21)/b20-9-. The molecule has 2 aromatic carbocycles. The van der Waals surface area contributed by atoms with Crippen LogP contribution >= 0.6 is 23.2 Å². The van der Waals surface area contributed by atoms with Gasteiger partial charge >= 0.3 is 0 Å². The molecule has 6 heteroatoms. The van der Waals surface area contributed by atoms with Crippen molar-refractivity contribution in [1.82, 2.24) is 5.32 Å². The van der Waals surface area contributed by atoms with Gasteiger partial charge < -0.3 is 10.2 Å². The van der Waals surface area contributed by atoms with Crippen molar-refractivity contribution >= 4 is 35.3 Å². The molecule has 0 saturated heterocycles. The molecule has 0 aliphatic carbocycles. The molecular weight excluding hydrogens is 323 g/mol. The van der Waals surface area contributed by atoms with Crippen LogP contribution in [0.5, 0.6) is 0 Å². The number of halogens is 2. The summed E-state index contributed by atoms with van der Waals surface area (Å²) in [5, 5.41) is 7.70. The van der Waals surface area contributed by atoms with Gasteiger partial charge in [-0.1, -0.05) is 58.7 Å². The second kappa shape index (κ2) is 8.41. The van der Waals surface area contributed by atoms with Gasteiger partial charge in [-0.3, -0.25) is 4.79 Å². The van der Waals surface area contributed by atoms with Crippen molar-refractivity contribution in [2.24, 2.45) is 5.16 Å². The van der Waals surface area contributed by atoms with Crippen LogP contribution in [-0.4, -0.2) is 18.7 Å². The first kappa shape index (κ1) is 16.3. The van der Waals surface area contributed by atoms with Crippen LogP contribution in [-0.2, 0) is 16.2 Å². The molecule has 114 valence electrons. The Morgan fingerprint density at radius 3 is 2.59 bits per heavy atom. The summed E-state index contributed by atoms with van der Waals surface area (Å²) in [4.78, 5) is 16.6. The van der Waals surface area contributed by atoms with Gasteiger partial charge in [0.25, 0.3) is 5.91 Å². The number of carbonyl (C=O) groups is 1. The van der Waals surface area contributed by atoms with Crippen LogP contribution in [0.15, 0.2) is 53.7 Å². The van der Waals surface area contributed by atoms with Gasteiger partial charge in [0.05, 0.1) is 6.21 Å². The van der Waals surface area contributed by atoms with Crippen LogP contribution in [0.3, 0.4) is 0 Å². The second-order valence-corrected chi connectivity index (χ2v) is 5.27. The van der Waals surface area contributed by atoms with Gasteiger partial charge in [-0.25, -0.2) is 0 Å². The fourth-order valence-corrected chi connectivity index (χ4v) is 1.96. The third kappa shape index (κ3) is 5.39. The van der Waals surface area contributed by atoms with E-state index in [1.165, 1.54) is 6.21 Å². The first-order valence-corrected chi connectivity index (χ1v) is 7.32. The van der Waals surface area contributed by atoms with E-state index in [4.69, 9.17) is 28.0 Å². The van der Waals surface area contributed by atoms with E-state index in [1.807, 2.05) is 18.2 Å². The number of carbonyl (C=O) groups excluding carboxylic acids is 1. The summed E-state index contributed by atoms with van der Waals surface area (Å²) < 4.78 is 0. The third-order valence-corrected chi connectivity index (χ3v) is 3.40. The normalized spacial score (nSPS) is 10.6. The number of hydrogen-bond donors (Lipinski definition) is 1. The molecule has 1 amide bonds. The first-order chi connectivity index (χ1) is 10.6. The van der Waals surface area contributed by atoms with E-state index in [9.17, 15) is 4.79 Å². The minimum absolute atomic E-state index is 0.158. The van der Waals surface area contributed by atoms with E-state index < -0.39 is 0 Å². The zero-order chi connectivity index (χ0) is 15.8. The van der Waals surface area contributed by atoms with E-state index in [1.54, 1.807) is 30.3 Å². The molecule has 0 spiro atoms. The maximum absolute atomic E-state index is 11.6. The molecule has 4 nitrogen and oxygen atoms in total. The monoisotopic (exact) mass is 336 g/mol. The summed E-state index contributed by atoms with van der Waals surface area (Å²) in [5.41, 5.74) is 1.68. The van der Waals surface area contributed by atoms with Crippen LogP contribution in [0.1, 0.15) is 11.1 Å². The van der Waals surface area contributed by atoms with Crippen molar-refractivity contribution in [2.75, 3.05) is 6.61 Å². The number of hydrogen-bond acceptors (Lipinski definition) is 3. The molecule has 0 atom stereocenters. The lowest BCUT2D eigenvalue weighted by molar-refractivity contribution is -0.125. The summed E-state index contributed by atoms with van der Waals surface area (Å²) in [6.07, 6.45) is 1.51. The van der Waals surface area contributed by atoms with Crippen LogP contribution in [0.2, 0.25) is 10.0 Å². The number of rotatable bonds is 6. The minimum Gasteiger partial charge on any atom is -0.386 e. The van der Waals surface area contributed by atoms with Crippen molar-refractivity contribution < 1.29 is 9.63 Å². The number of amides is 1. The molecule has 0 fully saturated rings. The number of nitrogens with zero attached hydrogens (tertiary/aromatic N) is 1. The molecule has 0 heterocycles. The summed E-state index contributed by atoms with van der Waals surface area (Å²) in [6, 6.07) is 14.4. The van der Waals surface area contributed by atoms with Gasteiger partial charge in [0, 0.05) is 16.6 Å². The summed E-state index contributed by atoms with van der Waals surface area (Å²) in [6.45, 7) is 0.192. The Balaban J connectivity index is 1.72. The van der Waals surface area contributed by atoms with Gasteiger partial charge in [0.1, 0.15) is 0 Å². The highest BCUT2D eigenvalue weighted by Crippen LogP contribution is 2.14. The molecule has 0 radical (unpaired) electrons. The second-order valence-electron chi connectivity index (χ2n) is 4.43. The zero-order valence-electron chi connectivity index (χ0n) is 11.6.